The van der Waals surface area contributed by atoms with Gasteiger partial charge in [0.1, 0.15) is 0 Å². The van der Waals surface area contributed by atoms with E-state index in [0.717, 1.165) is 18.4 Å². The molecule has 32 heavy (non-hydrogen) atoms. The molecule has 3 rings (SSSR count). The first-order valence-electron chi connectivity index (χ1n) is 11.2. The van der Waals surface area contributed by atoms with Gasteiger partial charge in [-0.3, -0.25) is 14.4 Å². The van der Waals surface area contributed by atoms with Gasteiger partial charge in [0.25, 0.3) is 5.91 Å². The number of piperazine rings is 1. The van der Waals surface area contributed by atoms with Crippen LogP contribution < -0.4 is 5.32 Å². The van der Waals surface area contributed by atoms with Crippen LogP contribution in [0.3, 0.4) is 0 Å². The summed E-state index contributed by atoms with van der Waals surface area (Å²) >= 11 is 1.32. The average molecular weight is 456 g/mol. The van der Waals surface area contributed by atoms with Gasteiger partial charge in [0, 0.05) is 38.0 Å². The molecule has 1 aromatic heterocycles. The third kappa shape index (κ3) is 6.19. The first-order valence-corrected chi connectivity index (χ1v) is 12.0. The normalized spacial score (nSPS) is 14.4. The lowest BCUT2D eigenvalue weighted by Gasteiger charge is -2.34. The number of thiophene rings is 1. The summed E-state index contributed by atoms with van der Waals surface area (Å²) in [6, 6.07) is 12.1. The van der Waals surface area contributed by atoms with Crippen molar-refractivity contribution in [1.82, 2.24) is 9.80 Å². The molecule has 1 aliphatic rings. The van der Waals surface area contributed by atoms with Crippen molar-refractivity contribution in [3.8, 4) is 0 Å². The Morgan fingerprint density at radius 1 is 1.00 bits per heavy atom. The molecule has 1 aromatic carbocycles. The fraction of sp³-hybridized carbons (Fsp3) is 0.480. The highest BCUT2D eigenvalue weighted by Gasteiger charge is 2.27. The van der Waals surface area contributed by atoms with Gasteiger partial charge in [0.15, 0.2) is 0 Å². The van der Waals surface area contributed by atoms with Crippen LogP contribution in [0.5, 0.6) is 0 Å². The summed E-state index contributed by atoms with van der Waals surface area (Å²) in [4.78, 5) is 42.2. The minimum atomic E-state index is -0.494. The topological polar surface area (TPSA) is 69.7 Å². The van der Waals surface area contributed by atoms with Crippen LogP contribution in [0, 0.1) is 12.3 Å². The van der Waals surface area contributed by atoms with Gasteiger partial charge in [0.2, 0.25) is 11.8 Å². The first kappa shape index (κ1) is 24.0. The van der Waals surface area contributed by atoms with Crippen molar-refractivity contribution in [2.45, 2.75) is 47.0 Å². The maximum atomic E-state index is 13.0. The number of nitrogens with zero attached hydrogens (tertiary/aromatic N) is 2. The predicted molar refractivity (Wildman–Crippen MR) is 129 cm³/mol. The van der Waals surface area contributed by atoms with Gasteiger partial charge in [-0.25, -0.2) is 0 Å². The van der Waals surface area contributed by atoms with E-state index in [0.29, 0.717) is 42.5 Å². The molecule has 7 heteroatoms. The molecule has 0 radical (unpaired) electrons. The minimum Gasteiger partial charge on any atom is -0.339 e. The lowest BCUT2D eigenvalue weighted by atomic mass is 9.96. The zero-order valence-corrected chi connectivity index (χ0v) is 20.3. The van der Waals surface area contributed by atoms with E-state index in [4.69, 9.17) is 0 Å². The number of nitrogens with one attached hydrogen (secondary N) is 1. The molecule has 172 valence electrons. The number of hydrogen-bond acceptors (Lipinski definition) is 4. The number of anilines is 1. The lowest BCUT2D eigenvalue weighted by Crippen LogP contribution is -2.50. The van der Waals surface area contributed by atoms with Gasteiger partial charge < -0.3 is 15.1 Å². The number of hydrogen-bond donors (Lipinski definition) is 1. The van der Waals surface area contributed by atoms with Crippen molar-refractivity contribution in [2.75, 3.05) is 31.5 Å². The van der Waals surface area contributed by atoms with Crippen LogP contribution in [0.2, 0.25) is 0 Å². The Morgan fingerprint density at radius 2 is 1.62 bits per heavy atom. The number of rotatable bonds is 6. The van der Waals surface area contributed by atoms with E-state index in [1.165, 1.54) is 16.9 Å². The Bertz CT molecular complexity index is 955. The Balaban J connectivity index is 1.49. The van der Waals surface area contributed by atoms with Crippen molar-refractivity contribution >= 4 is 34.1 Å². The number of aryl methyl sites for hydroxylation is 2. The van der Waals surface area contributed by atoms with Gasteiger partial charge in [0.05, 0.1) is 9.88 Å². The third-order valence-corrected chi connectivity index (χ3v) is 6.79. The number of benzene rings is 1. The Hall–Kier alpha value is -2.67. The Morgan fingerprint density at radius 3 is 2.25 bits per heavy atom. The van der Waals surface area contributed by atoms with Crippen molar-refractivity contribution in [3.63, 3.8) is 0 Å². The molecule has 1 fully saturated rings. The number of carbonyl (C=O) groups excluding carboxylic acids is 3. The zero-order chi connectivity index (χ0) is 23.3. The molecule has 2 aromatic rings. The summed E-state index contributed by atoms with van der Waals surface area (Å²) in [5.74, 6) is 0.0598. The van der Waals surface area contributed by atoms with Crippen LogP contribution in [0.25, 0.3) is 0 Å². The molecule has 0 saturated carbocycles. The molecule has 0 atom stereocenters. The van der Waals surface area contributed by atoms with Crippen molar-refractivity contribution in [3.05, 3.63) is 52.4 Å². The molecule has 0 aliphatic carbocycles. The molecule has 0 bridgehead atoms. The third-order valence-electron chi connectivity index (χ3n) is 5.65. The van der Waals surface area contributed by atoms with E-state index in [9.17, 15) is 14.4 Å². The predicted octanol–water partition coefficient (Wildman–Crippen LogP) is 4.35. The monoisotopic (exact) mass is 455 g/mol. The molecule has 1 aliphatic heterocycles. The van der Waals surface area contributed by atoms with Crippen LogP contribution in [0.15, 0.2) is 36.4 Å². The van der Waals surface area contributed by atoms with Crippen molar-refractivity contribution in [2.24, 2.45) is 5.41 Å². The van der Waals surface area contributed by atoms with E-state index >= 15 is 0 Å². The second kappa shape index (κ2) is 10.3. The maximum Gasteiger partial charge on any atom is 0.264 e. The van der Waals surface area contributed by atoms with Crippen LogP contribution >= 0.6 is 11.3 Å². The minimum absolute atomic E-state index is 0.0278. The Labute approximate surface area is 194 Å². The van der Waals surface area contributed by atoms with Crippen LogP contribution in [-0.4, -0.2) is 53.7 Å². The summed E-state index contributed by atoms with van der Waals surface area (Å²) in [7, 11) is 0. The summed E-state index contributed by atoms with van der Waals surface area (Å²) in [5.41, 5.74) is 1.62. The number of carbonyl (C=O) groups is 3. The SMILES string of the molecule is Cc1cc(NC(=O)C(C)(C)C)sc1C(=O)N1CCN(C(=O)CCCc2ccccc2)CC1. The molecule has 1 saturated heterocycles. The second-order valence-corrected chi connectivity index (χ2v) is 10.4. The molecular weight excluding hydrogens is 422 g/mol. The van der Waals surface area contributed by atoms with E-state index in [-0.39, 0.29) is 17.7 Å². The average Bonchev–Trinajstić information content (AvgIpc) is 3.13. The summed E-state index contributed by atoms with van der Waals surface area (Å²) in [6.45, 7) is 9.66. The highest BCUT2D eigenvalue weighted by molar-refractivity contribution is 7.18. The van der Waals surface area contributed by atoms with Crippen LogP contribution in [0.4, 0.5) is 5.00 Å². The van der Waals surface area contributed by atoms with Crippen LogP contribution in [0.1, 0.15) is 54.4 Å². The Kier molecular flexibility index (Phi) is 7.72. The van der Waals surface area contributed by atoms with E-state index in [1.807, 2.05) is 61.8 Å². The van der Waals surface area contributed by atoms with Gasteiger partial charge in [-0.15, -0.1) is 11.3 Å². The summed E-state index contributed by atoms with van der Waals surface area (Å²) in [6.07, 6.45) is 2.26. The summed E-state index contributed by atoms with van der Waals surface area (Å²) in [5, 5.41) is 3.60. The highest BCUT2D eigenvalue weighted by atomic mass is 32.1. The van der Waals surface area contributed by atoms with Gasteiger partial charge in [-0.05, 0) is 37.0 Å². The lowest BCUT2D eigenvalue weighted by molar-refractivity contribution is -0.132. The smallest absolute Gasteiger partial charge is 0.264 e. The molecular formula is C25H33N3O3S. The molecule has 0 unspecified atom stereocenters. The maximum absolute atomic E-state index is 13.0. The van der Waals surface area contributed by atoms with E-state index in [1.54, 1.807) is 0 Å². The largest absolute Gasteiger partial charge is 0.339 e. The van der Waals surface area contributed by atoms with E-state index in [2.05, 4.69) is 17.4 Å². The molecule has 3 amide bonds. The number of amides is 3. The quantitative estimate of drug-likeness (QED) is 0.704. The first-order chi connectivity index (χ1) is 15.1. The van der Waals surface area contributed by atoms with Crippen molar-refractivity contribution < 1.29 is 14.4 Å². The van der Waals surface area contributed by atoms with Crippen LogP contribution in [-0.2, 0) is 16.0 Å². The standard InChI is InChI=1S/C25H33N3O3S/c1-18-17-20(26-24(31)25(2,3)4)32-22(18)23(30)28-15-13-27(14-16-28)21(29)12-8-11-19-9-6-5-7-10-19/h5-7,9-10,17H,8,11-16H2,1-4H3,(H,26,31). The highest BCUT2D eigenvalue weighted by Crippen LogP contribution is 2.29. The molecule has 2 heterocycles. The molecule has 0 spiro atoms. The van der Waals surface area contributed by atoms with Gasteiger partial charge in [-0.1, -0.05) is 51.1 Å². The van der Waals surface area contributed by atoms with Crippen molar-refractivity contribution in [1.29, 1.82) is 0 Å². The summed E-state index contributed by atoms with van der Waals surface area (Å²) < 4.78 is 0. The second-order valence-electron chi connectivity index (χ2n) is 9.34. The zero-order valence-electron chi connectivity index (χ0n) is 19.4. The van der Waals surface area contributed by atoms with Gasteiger partial charge >= 0.3 is 0 Å². The van der Waals surface area contributed by atoms with E-state index < -0.39 is 5.41 Å². The van der Waals surface area contributed by atoms with Gasteiger partial charge in [-0.2, -0.15) is 0 Å². The fourth-order valence-electron chi connectivity index (χ4n) is 3.60. The molecule has 6 nitrogen and oxygen atoms in total. The molecule has 1 N–H and O–H groups in total. The fourth-order valence-corrected chi connectivity index (χ4v) is 4.64.